The van der Waals surface area contributed by atoms with Crippen molar-refractivity contribution in [3.63, 3.8) is 0 Å². The summed E-state index contributed by atoms with van der Waals surface area (Å²) in [7, 11) is -6.40. The smallest absolute Gasteiger partial charge is 0.281 e. The molecule has 1 rings (SSSR count). The summed E-state index contributed by atoms with van der Waals surface area (Å²) >= 11 is -1.15. The minimum absolute atomic E-state index is 0. The fraction of sp³-hybridized carbons (Fsp3) is 0.250. The molecule has 0 heterocycles. The first-order valence-corrected chi connectivity index (χ1v) is 6.51. The van der Waals surface area contributed by atoms with Crippen molar-refractivity contribution in [3.8, 4) is 0 Å². The minimum atomic E-state index is -6.40. The Kier molecular flexibility index (Phi) is 6.46. The Hall–Kier alpha value is 0.0600. The molecule has 0 spiro atoms. The molecule has 109 valence electrons. The second-order valence-electron chi connectivity index (χ2n) is 3.19. The summed E-state index contributed by atoms with van der Waals surface area (Å²) < 4.78 is 106. The van der Waals surface area contributed by atoms with Gasteiger partial charge in [0, 0.05) is 40.5 Å². The third-order valence-corrected chi connectivity index (χ3v) is 3.89. The summed E-state index contributed by atoms with van der Waals surface area (Å²) in [4.78, 5) is -1.10. The quantitative estimate of drug-likeness (QED) is 0.393. The van der Waals surface area contributed by atoms with Gasteiger partial charge in [0.2, 0.25) is 0 Å². The van der Waals surface area contributed by atoms with Crippen LogP contribution in [0.2, 0.25) is 0 Å². The van der Waals surface area contributed by atoms with Crippen LogP contribution in [-0.2, 0) is 10.1 Å². The van der Waals surface area contributed by atoms with E-state index in [1.54, 1.807) is 0 Å². The number of rotatable bonds is 4. The molecule has 1 radical (unpaired) electrons. The molecule has 0 aromatic heterocycles. The predicted molar refractivity (Wildman–Crippen MR) is 59.4 cm³/mol. The normalized spacial score (nSPS) is 12.9. The monoisotopic (exact) mass is 349 g/mol. The Bertz CT molecular complexity index is 592. The van der Waals surface area contributed by atoms with E-state index in [4.69, 9.17) is 4.55 Å². The molecule has 0 aliphatic carbocycles. The van der Waals surface area contributed by atoms with Crippen LogP contribution in [0.25, 0.3) is 0 Å². The Labute approximate surface area is 135 Å². The van der Waals surface area contributed by atoms with Crippen LogP contribution >= 0.6 is 11.8 Å². The summed E-state index contributed by atoms with van der Waals surface area (Å²) in [6.07, 6.45) is 0. The molecule has 0 aliphatic rings. The van der Waals surface area contributed by atoms with Crippen molar-refractivity contribution in [2.45, 2.75) is 15.4 Å². The van der Waals surface area contributed by atoms with E-state index in [-0.39, 0.29) is 35.6 Å². The third-order valence-electron chi connectivity index (χ3n) is 1.79. The fourth-order valence-electron chi connectivity index (χ4n) is 0.906. The molecule has 1 aromatic rings. The van der Waals surface area contributed by atoms with Gasteiger partial charge in [-0.15, -0.1) is 0 Å². The molecular weight excluding hydrogens is 345 g/mol. The number of alkyl halides is 4. The van der Waals surface area contributed by atoms with Gasteiger partial charge in [0.25, 0.3) is 0 Å². The molecule has 0 aliphatic heterocycles. The first-order chi connectivity index (χ1) is 8.38. The SMILES string of the molecule is O=S(=O)(O)C(F)(F)C(F)(F)Sc1ccc(F)cc1F.[Na]. The van der Waals surface area contributed by atoms with Crippen molar-refractivity contribution in [1.82, 2.24) is 0 Å². The van der Waals surface area contributed by atoms with Crippen LogP contribution in [0.4, 0.5) is 26.3 Å². The minimum Gasteiger partial charge on any atom is -0.281 e. The topological polar surface area (TPSA) is 54.4 Å². The van der Waals surface area contributed by atoms with Crippen LogP contribution in [0.3, 0.4) is 0 Å². The first kappa shape index (κ1) is 20.1. The summed E-state index contributed by atoms with van der Waals surface area (Å²) in [5, 5.41) is -11.2. The van der Waals surface area contributed by atoms with Crippen molar-refractivity contribution in [2.24, 2.45) is 0 Å². The van der Waals surface area contributed by atoms with E-state index >= 15 is 0 Å². The number of benzene rings is 1. The molecule has 1 N–H and O–H groups in total. The average Bonchev–Trinajstić information content (AvgIpc) is 2.20. The molecule has 0 saturated heterocycles. The van der Waals surface area contributed by atoms with Crippen LogP contribution < -0.4 is 0 Å². The third kappa shape index (κ3) is 4.04. The van der Waals surface area contributed by atoms with E-state index in [1.807, 2.05) is 0 Å². The Morgan fingerprint density at radius 1 is 1.10 bits per heavy atom. The standard InChI is InChI=1S/C8H4F6O3S2.Na/c9-4-1-2-6(5(10)3-4)18-7(11,12)8(13,14)19(15,16)17;/h1-3H,(H,15,16,17);. The van der Waals surface area contributed by atoms with Crippen LogP contribution in [0.5, 0.6) is 0 Å². The molecular formula is C8H4F6NaO3S2. The maximum atomic E-state index is 13.1. The van der Waals surface area contributed by atoms with E-state index in [9.17, 15) is 34.8 Å². The van der Waals surface area contributed by atoms with Crippen LogP contribution in [0, 0.1) is 11.6 Å². The molecule has 0 fully saturated rings. The molecule has 20 heavy (non-hydrogen) atoms. The van der Waals surface area contributed by atoms with E-state index in [0.29, 0.717) is 12.1 Å². The zero-order valence-corrected chi connectivity index (χ0v) is 13.2. The van der Waals surface area contributed by atoms with Crippen molar-refractivity contribution in [2.75, 3.05) is 0 Å². The van der Waals surface area contributed by atoms with Gasteiger partial charge in [0.05, 0.1) is 0 Å². The molecule has 12 heteroatoms. The molecule has 0 saturated carbocycles. The Morgan fingerprint density at radius 3 is 2.00 bits per heavy atom. The number of thioether (sulfide) groups is 1. The predicted octanol–water partition coefficient (Wildman–Crippen LogP) is 2.75. The van der Waals surface area contributed by atoms with Gasteiger partial charge in [-0.1, -0.05) is 0 Å². The molecule has 1 aromatic carbocycles. The zero-order valence-electron chi connectivity index (χ0n) is 9.58. The number of hydrogen-bond acceptors (Lipinski definition) is 3. The first-order valence-electron chi connectivity index (χ1n) is 4.25. The van der Waals surface area contributed by atoms with Gasteiger partial charge in [-0.2, -0.15) is 26.0 Å². The van der Waals surface area contributed by atoms with E-state index < -0.39 is 48.9 Å². The maximum absolute atomic E-state index is 13.1. The average molecular weight is 349 g/mol. The van der Waals surface area contributed by atoms with Crippen molar-refractivity contribution >= 4 is 51.4 Å². The van der Waals surface area contributed by atoms with Crippen molar-refractivity contribution in [3.05, 3.63) is 29.8 Å². The Balaban J connectivity index is 0.00000361. The largest absolute Gasteiger partial charge is 0.442 e. The van der Waals surface area contributed by atoms with Gasteiger partial charge in [0.1, 0.15) is 11.6 Å². The maximum Gasteiger partial charge on any atom is 0.442 e. The summed E-state index contributed by atoms with van der Waals surface area (Å²) in [5.74, 6) is -2.71. The van der Waals surface area contributed by atoms with Crippen LogP contribution in [0.15, 0.2) is 23.1 Å². The van der Waals surface area contributed by atoms with Gasteiger partial charge in [-0.25, -0.2) is 8.78 Å². The van der Waals surface area contributed by atoms with Gasteiger partial charge in [-0.05, 0) is 23.9 Å². The van der Waals surface area contributed by atoms with E-state index in [0.717, 1.165) is 0 Å². The summed E-state index contributed by atoms with van der Waals surface area (Å²) in [6.45, 7) is 0. The van der Waals surface area contributed by atoms with Gasteiger partial charge >= 0.3 is 20.6 Å². The van der Waals surface area contributed by atoms with Crippen molar-refractivity contribution < 1.29 is 39.3 Å². The number of hydrogen-bond donors (Lipinski definition) is 1. The second-order valence-corrected chi connectivity index (χ2v) is 5.80. The number of halogens is 6. The van der Waals surface area contributed by atoms with Gasteiger partial charge < -0.3 is 0 Å². The molecule has 3 nitrogen and oxygen atoms in total. The van der Waals surface area contributed by atoms with Gasteiger partial charge in [0.15, 0.2) is 0 Å². The molecule has 0 bridgehead atoms. The fourth-order valence-corrected chi connectivity index (χ4v) is 2.33. The van der Waals surface area contributed by atoms with Crippen LogP contribution in [0.1, 0.15) is 0 Å². The second kappa shape index (κ2) is 6.44. The van der Waals surface area contributed by atoms with E-state index in [2.05, 4.69) is 0 Å². The molecule has 0 unspecified atom stereocenters. The summed E-state index contributed by atoms with van der Waals surface area (Å²) in [6, 6.07) is 1.11. The Morgan fingerprint density at radius 2 is 1.60 bits per heavy atom. The zero-order chi connectivity index (χ0) is 15.1. The molecule has 0 atom stereocenters. The molecule has 0 amide bonds. The van der Waals surface area contributed by atoms with Gasteiger partial charge in [-0.3, -0.25) is 4.55 Å². The summed E-state index contributed by atoms with van der Waals surface area (Å²) in [5.41, 5.74) is 0. The van der Waals surface area contributed by atoms with Crippen molar-refractivity contribution in [1.29, 1.82) is 0 Å². The van der Waals surface area contributed by atoms with Crippen LogP contribution in [-0.4, -0.2) is 53.0 Å². The van der Waals surface area contributed by atoms with E-state index in [1.165, 1.54) is 0 Å².